The van der Waals surface area contributed by atoms with E-state index in [9.17, 15) is 18.0 Å². The van der Waals surface area contributed by atoms with E-state index in [4.69, 9.17) is 0 Å². The highest BCUT2D eigenvalue weighted by atomic mass is 35.5. The van der Waals surface area contributed by atoms with E-state index in [0.29, 0.717) is 24.3 Å². The van der Waals surface area contributed by atoms with Gasteiger partial charge in [0, 0.05) is 12.1 Å². The van der Waals surface area contributed by atoms with Crippen molar-refractivity contribution in [2.45, 2.75) is 6.36 Å². The zero-order valence-electron chi connectivity index (χ0n) is 11.5. The number of carbonyl (C=O) groups excluding carboxylic acids is 1. The summed E-state index contributed by atoms with van der Waals surface area (Å²) in [5.74, 6) is 0.989. The highest BCUT2D eigenvalue weighted by molar-refractivity contribution is 5.94. The first-order valence-electron chi connectivity index (χ1n) is 6.79. The molecule has 1 aliphatic heterocycles. The second-order valence-electron chi connectivity index (χ2n) is 5.44. The van der Waals surface area contributed by atoms with Crippen molar-refractivity contribution in [2.75, 3.05) is 19.6 Å². The van der Waals surface area contributed by atoms with Crippen LogP contribution in [0.5, 0.6) is 5.75 Å². The summed E-state index contributed by atoms with van der Waals surface area (Å²) in [5, 5.41) is 6.04. The molecule has 1 aromatic carbocycles. The molecule has 22 heavy (non-hydrogen) atoms. The fraction of sp³-hybridized carbons (Fsp3) is 0.500. The number of rotatable bonds is 4. The smallest absolute Gasteiger partial charge is 0.406 e. The quantitative estimate of drug-likeness (QED) is 0.886. The lowest BCUT2D eigenvalue weighted by Crippen LogP contribution is -2.28. The maximum absolute atomic E-state index is 12.1. The number of nitrogens with one attached hydrogen (secondary N) is 2. The van der Waals surface area contributed by atoms with Crippen LogP contribution in [-0.2, 0) is 0 Å². The van der Waals surface area contributed by atoms with Crippen LogP contribution in [-0.4, -0.2) is 31.9 Å². The van der Waals surface area contributed by atoms with Gasteiger partial charge < -0.3 is 15.4 Å². The molecule has 1 heterocycles. The summed E-state index contributed by atoms with van der Waals surface area (Å²) in [6.07, 6.45) is -4.76. The third kappa shape index (κ3) is 3.84. The summed E-state index contributed by atoms with van der Waals surface area (Å²) in [6, 6.07) is 5.10. The summed E-state index contributed by atoms with van der Waals surface area (Å²) in [7, 11) is 0. The predicted molar refractivity (Wildman–Crippen MR) is 76.0 cm³/mol. The SMILES string of the molecule is Cl.O=C(NCC1C2CNCC21)c1cccc(OC(F)(F)F)c1. The standard InChI is InChI=1S/C14H15F3N2O2.ClH/c15-14(16,17)21-9-3-1-2-8(4-9)13(20)19-7-12-10-5-18-6-11(10)12;/h1-4,10-12,18H,5-7H2,(H,19,20);1H. The maximum Gasteiger partial charge on any atom is 0.573 e. The lowest BCUT2D eigenvalue weighted by Gasteiger charge is -2.10. The van der Waals surface area contributed by atoms with Gasteiger partial charge in [-0.2, -0.15) is 0 Å². The first kappa shape index (κ1) is 16.9. The minimum absolute atomic E-state index is 0. The molecule has 1 amide bonds. The number of alkyl halides is 3. The van der Waals surface area contributed by atoms with Gasteiger partial charge in [0.15, 0.2) is 0 Å². The summed E-state index contributed by atoms with van der Waals surface area (Å²) < 4.78 is 40.2. The van der Waals surface area contributed by atoms with E-state index in [0.717, 1.165) is 19.2 Å². The lowest BCUT2D eigenvalue weighted by atomic mass is 10.2. The number of piperidine rings is 1. The molecule has 1 saturated heterocycles. The van der Waals surface area contributed by atoms with E-state index in [1.807, 2.05) is 0 Å². The van der Waals surface area contributed by atoms with Crippen LogP contribution < -0.4 is 15.4 Å². The van der Waals surface area contributed by atoms with E-state index >= 15 is 0 Å². The van der Waals surface area contributed by atoms with Crippen LogP contribution in [0.1, 0.15) is 10.4 Å². The molecule has 2 unspecified atom stereocenters. The lowest BCUT2D eigenvalue weighted by molar-refractivity contribution is -0.274. The minimum Gasteiger partial charge on any atom is -0.406 e. The molecule has 0 aromatic heterocycles. The van der Waals surface area contributed by atoms with Crippen molar-refractivity contribution in [2.24, 2.45) is 17.8 Å². The molecular formula is C14H16ClF3N2O2. The number of amides is 1. The Morgan fingerprint density at radius 1 is 1.32 bits per heavy atom. The van der Waals surface area contributed by atoms with Crippen molar-refractivity contribution >= 4 is 18.3 Å². The van der Waals surface area contributed by atoms with Gasteiger partial charge in [-0.3, -0.25) is 4.79 Å². The van der Waals surface area contributed by atoms with Crippen molar-refractivity contribution in [3.63, 3.8) is 0 Å². The number of ether oxygens (including phenoxy) is 1. The predicted octanol–water partition coefficient (Wildman–Crippen LogP) is 2.20. The van der Waals surface area contributed by atoms with Gasteiger partial charge in [0.05, 0.1) is 0 Å². The van der Waals surface area contributed by atoms with Crippen molar-refractivity contribution < 1.29 is 22.7 Å². The largest absolute Gasteiger partial charge is 0.573 e. The number of benzene rings is 1. The Morgan fingerprint density at radius 2 is 2.00 bits per heavy atom. The molecule has 3 rings (SSSR count). The van der Waals surface area contributed by atoms with Crippen LogP contribution in [0.3, 0.4) is 0 Å². The van der Waals surface area contributed by atoms with Crippen molar-refractivity contribution in [3.05, 3.63) is 29.8 Å². The molecule has 0 spiro atoms. The maximum atomic E-state index is 12.1. The van der Waals surface area contributed by atoms with E-state index in [1.165, 1.54) is 18.2 Å². The van der Waals surface area contributed by atoms with Crippen molar-refractivity contribution in [1.29, 1.82) is 0 Å². The highest BCUT2D eigenvalue weighted by Gasteiger charge is 2.52. The normalized spacial score (nSPS) is 25.9. The first-order chi connectivity index (χ1) is 9.94. The second-order valence-corrected chi connectivity index (χ2v) is 5.44. The Balaban J connectivity index is 0.00000176. The molecule has 2 N–H and O–H groups in total. The number of hydrogen-bond acceptors (Lipinski definition) is 3. The van der Waals surface area contributed by atoms with Gasteiger partial charge >= 0.3 is 6.36 Å². The molecule has 2 aliphatic rings. The Labute approximate surface area is 131 Å². The second kappa shape index (κ2) is 6.34. The molecule has 122 valence electrons. The van der Waals surface area contributed by atoms with E-state index in [1.54, 1.807) is 0 Å². The third-order valence-electron chi connectivity index (χ3n) is 4.10. The Kier molecular flexibility index (Phi) is 4.87. The van der Waals surface area contributed by atoms with Crippen molar-refractivity contribution in [1.82, 2.24) is 10.6 Å². The molecule has 2 atom stereocenters. The molecule has 1 aromatic rings. The van der Waals surface area contributed by atoms with Gasteiger partial charge in [-0.25, -0.2) is 0 Å². The van der Waals surface area contributed by atoms with Gasteiger partial charge in [0.25, 0.3) is 5.91 Å². The average Bonchev–Trinajstić information content (AvgIpc) is 2.84. The van der Waals surface area contributed by atoms with Gasteiger partial charge in [-0.05, 0) is 49.0 Å². The topological polar surface area (TPSA) is 50.4 Å². The molecule has 1 saturated carbocycles. The average molecular weight is 337 g/mol. The van der Waals surface area contributed by atoms with Gasteiger partial charge in [0.2, 0.25) is 0 Å². The summed E-state index contributed by atoms with van der Waals surface area (Å²) >= 11 is 0. The molecule has 1 aliphatic carbocycles. The first-order valence-corrected chi connectivity index (χ1v) is 6.79. The number of halogens is 4. The zero-order valence-corrected chi connectivity index (χ0v) is 12.3. The highest BCUT2D eigenvalue weighted by Crippen LogP contribution is 2.47. The minimum atomic E-state index is -4.76. The number of hydrogen-bond donors (Lipinski definition) is 2. The molecule has 8 heteroatoms. The summed E-state index contributed by atoms with van der Waals surface area (Å²) in [5.41, 5.74) is 0.167. The monoisotopic (exact) mass is 336 g/mol. The Hall–Kier alpha value is -1.47. The van der Waals surface area contributed by atoms with E-state index in [2.05, 4.69) is 15.4 Å². The number of fused-ring (bicyclic) bond motifs is 1. The Bertz CT molecular complexity index is 543. The van der Waals surface area contributed by atoms with Crippen molar-refractivity contribution in [3.8, 4) is 5.75 Å². The van der Waals surface area contributed by atoms with Gasteiger partial charge in [-0.15, -0.1) is 25.6 Å². The zero-order chi connectivity index (χ0) is 15.0. The summed E-state index contributed by atoms with van der Waals surface area (Å²) in [6.45, 7) is 2.54. The molecule has 0 radical (unpaired) electrons. The van der Waals surface area contributed by atoms with Crippen LogP contribution in [0, 0.1) is 17.8 Å². The van der Waals surface area contributed by atoms with Crippen LogP contribution >= 0.6 is 12.4 Å². The fourth-order valence-electron chi connectivity index (χ4n) is 3.00. The number of carbonyl (C=O) groups is 1. The molecule has 4 nitrogen and oxygen atoms in total. The molecule has 2 fully saturated rings. The summed E-state index contributed by atoms with van der Waals surface area (Å²) in [4.78, 5) is 12.0. The van der Waals surface area contributed by atoms with E-state index < -0.39 is 6.36 Å². The molecule has 0 bridgehead atoms. The van der Waals surface area contributed by atoms with Crippen LogP contribution in [0.25, 0.3) is 0 Å². The van der Waals surface area contributed by atoms with Gasteiger partial charge in [-0.1, -0.05) is 6.07 Å². The fourth-order valence-corrected chi connectivity index (χ4v) is 3.00. The van der Waals surface area contributed by atoms with Crippen LogP contribution in [0.2, 0.25) is 0 Å². The van der Waals surface area contributed by atoms with E-state index in [-0.39, 0.29) is 29.6 Å². The molecular weight excluding hydrogens is 321 g/mol. The van der Waals surface area contributed by atoms with Crippen LogP contribution in [0.15, 0.2) is 24.3 Å². The third-order valence-corrected chi connectivity index (χ3v) is 4.10. The van der Waals surface area contributed by atoms with Gasteiger partial charge in [0.1, 0.15) is 5.75 Å². The Morgan fingerprint density at radius 3 is 2.64 bits per heavy atom. The van der Waals surface area contributed by atoms with Crippen LogP contribution in [0.4, 0.5) is 13.2 Å².